The minimum atomic E-state index is -5.12. The van der Waals surface area contributed by atoms with E-state index in [1.165, 1.54) is 12.8 Å². The molecule has 0 N–H and O–H groups in total. The van der Waals surface area contributed by atoms with Crippen molar-refractivity contribution in [1.29, 1.82) is 0 Å². The van der Waals surface area contributed by atoms with Crippen molar-refractivity contribution in [3.05, 3.63) is 0 Å². The molecule has 2 rings (SSSR count). The van der Waals surface area contributed by atoms with E-state index in [1.54, 1.807) is 0 Å². The SMILES string of the molecule is CCC(C)O[Si](OC(C)CC)(OC(C)CC)[O][Ti]([O]C1CCCCC1)([O]C1CCCCC1)[O][Si](OC(C)CC)(OC(C)CC)OC(C)CC. The molecule has 0 saturated heterocycles. The first-order valence-corrected chi connectivity index (χ1v) is 25.9. The van der Waals surface area contributed by atoms with Crippen molar-refractivity contribution in [3.8, 4) is 0 Å². The third-order valence-electron chi connectivity index (χ3n) is 9.75. The van der Waals surface area contributed by atoms with Gasteiger partial charge in [0.15, 0.2) is 0 Å². The molecule has 0 aliphatic heterocycles. The van der Waals surface area contributed by atoms with Gasteiger partial charge in [0.25, 0.3) is 0 Å². The minimum absolute atomic E-state index is 0.109. The molecule has 2 aliphatic rings. The topological polar surface area (TPSA) is 92.3 Å². The zero-order valence-corrected chi connectivity index (χ0v) is 37.1. The molecule has 6 atom stereocenters. The maximum atomic E-state index is 7.44. The van der Waals surface area contributed by atoms with E-state index in [9.17, 15) is 0 Å². The molecule has 0 aromatic heterocycles. The molecule has 0 amide bonds. The molecule has 0 radical (unpaired) electrons. The average Bonchev–Trinajstić information content (AvgIpc) is 3.08. The normalized spacial score (nSPS) is 23.3. The van der Waals surface area contributed by atoms with Crippen LogP contribution in [0, 0.1) is 0 Å². The standard InChI is InChI=1S/2C12H27O4Si.2C6H11O.Ti/c2*1-7-10(4)14-17(13,15-11(5)8-2)16-12(6)9-3;2*7-6-4-2-1-3-5-6;/h2*10-12H,7-9H2,1-6H3;2*6H,1-5H2;/q4*-1;+4. The fraction of sp³-hybridized carbons (Fsp3) is 1.00. The zero-order chi connectivity index (χ0) is 36.5. The molecule has 6 unspecified atom stereocenters. The Bertz CT molecular complexity index is 733. The predicted molar refractivity (Wildman–Crippen MR) is 195 cm³/mol. The Kier molecular flexibility index (Phi) is 22.0. The molecular formula is C36H76O10Si2Ti. The summed E-state index contributed by atoms with van der Waals surface area (Å²) < 4.78 is 70.6. The second-order valence-corrected chi connectivity index (χ2v) is 22.5. The van der Waals surface area contributed by atoms with Crippen LogP contribution in [0.15, 0.2) is 0 Å². The summed E-state index contributed by atoms with van der Waals surface area (Å²) >= 11 is -5.12. The Morgan fingerprint density at radius 2 is 0.633 bits per heavy atom. The van der Waals surface area contributed by atoms with Crippen LogP contribution in [0.1, 0.15) is 186 Å². The van der Waals surface area contributed by atoms with Gasteiger partial charge >= 0.3 is 310 Å². The molecule has 2 aliphatic carbocycles. The quantitative estimate of drug-likeness (QED) is 0.0791. The van der Waals surface area contributed by atoms with Gasteiger partial charge in [-0.1, -0.05) is 0 Å². The van der Waals surface area contributed by atoms with Crippen LogP contribution in [0.4, 0.5) is 0 Å². The molecule has 0 aromatic rings. The van der Waals surface area contributed by atoms with E-state index in [1.807, 2.05) is 41.5 Å². The van der Waals surface area contributed by atoms with Crippen LogP contribution >= 0.6 is 0 Å². The van der Waals surface area contributed by atoms with Crippen molar-refractivity contribution in [2.24, 2.45) is 0 Å². The first kappa shape index (κ1) is 45.9. The van der Waals surface area contributed by atoms with E-state index in [-0.39, 0.29) is 48.8 Å². The number of hydrogen-bond donors (Lipinski definition) is 0. The Morgan fingerprint density at radius 3 is 0.837 bits per heavy atom. The van der Waals surface area contributed by atoms with E-state index in [0.717, 1.165) is 89.9 Å². The predicted octanol–water partition coefficient (Wildman–Crippen LogP) is 10.3. The van der Waals surface area contributed by atoms with Gasteiger partial charge in [-0.15, -0.1) is 0 Å². The van der Waals surface area contributed by atoms with Crippen LogP contribution in [0.3, 0.4) is 0 Å². The van der Waals surface area contributed by atoms with E-state index < -0.39 is 36.2 Å². The first-order valence-electron chi connectivity index (χ1n) is 20.1. The molecular weight excluding hydrogens is 696 g/mol. The molecule has 0 spiro atoms. The molecule has 292 valence electrons. The van der Waals surface area contributed by atoms with Crippen molar-refractivity contribution in [2.75, 3.05) is 0 Å². The molecule has 10 nitrogen and oxygen atoms in total. The Hall–Kier alpha value is 0.748. The van der Waals surface area contributed by atoms with E-state index >= 15 is 0 Å². The number of hydrogen-bond acceptors (Lipinski definition) is 10. The van der Waals surface area contributed by atoms with Gasteiger partial charge in [0.1, 0.15) is 0 Å². The second-order valence-electron chi connectivity index (χ2n) is 14.5. The van der Waals surface area contributed by atoms with Crippen molar-refractivity contribution < 1.29 is 57.3 Å². The molecule has 2 saturated carbocycles. The van der Waals surface area contributed by atoms with Crippen LogP contribution in [-0.4, -0.2) is 66.9 Å². The summed E-state index contributed by atoms with van der Waals surface area (Å²) in [5, 5.41) is 0. The molecule has 0 aromatic carbocycles. The van der Waals surface area contributed by atoms with Crippen molar-refractivity contribution in [2.45, 2.75) is 235 Å². The summed E-state index contributed by atoms with van der Waals surface area (Å²) in [7, 11) is -8.07. The third kappa shape index (κ3) is 16.3. The molecule has 0 bridgehead atoms. The molecule has 0 heterocycles. The fourth-order valence-corrected chi connectivity index (χ4v) is 18.9. The van der Waals surface area contributed by atoms with Gasteiger partial charge in [-0.25, -0.2) is 0 Å². The van der Waals surface area contributed by atoms with Gasteiger partial charge in [-0.2, -0.15) is 0 Å². The number of rotatable bonds is 26. The summed E-state index contributed by atoms with van der Waals surface area (Å²) in [6.07, 6.45) is 13.3. The first-order chi connectivity index (χ1) is 23.3. The van der Waals surface area contributed by atoms with E-state index in [0.29, 0.717) is 0 Å². The van der Waals surface area contributed by atoms with Crippen LogP contribution in [0.5, 0.6) is 0 Å². The molecule has 2 fully saturated rings. The van der Waals surface area contributed by atoms with Crippen LogP contribution in [-0.2, 0) is 57.3 Å². The van der Waals surface area contributed by atoms with Crippen molar-refractivity contribution >= 4 is 18.1 Å². The van der Waals surface area contributed by atoms with Gasteiger partial charge in [-0.3, -0.25) is 0 Å². The van der Waals surface area contributed by atoms with Crippen LogP contribution < -0.4 is 0 Å². The monoisotopic (exact) mass is 772 g/mol. The second kappa shape index (κ2) is 23.5. The van der Waals surface area contributed by atoms with Gasteiger partial charge in [-0.05, 0) is 0 Å². The maximum absolute atomic E-state index is 7.44. The zero-order valence-electron chi connectivity index (χ0n) is 33.5. The van der Waals surface area contributed by atoms with Gasteiger partial charge in [0.2, 0.25) is 0 Å². The average molecular weight is 773 g/mol. The van der Waals surface area contributed by atoms with Crippen molar-refractivity contribution in [1.82, 2.24) is 0 Å². The summed E-state index contributed by atoms with van der Waals surface area (Å²) in [5.74, 6) is 0. The Labute approximate surface area is 308 Å². The van der Waals surface area contributed by atoms with Crippen LogP contribution in [0.25, 0.3) is 0 Å². The van der Waals surface area contributed by atoms with Gasteiger partial charge in [0.05, 0.1) is 0 Å². The fourth-order valence-electron chi connectivity index (χ4n) is 5.51. The van der Waals surface area contributed by atoms with E-state index in [2.05, 4.69) is 41.5 Å². The Morgan fingerprint density at radius 1 is 0.408 bits per heavy atom. The van der Waals surface area contributed by atoms with Crippen LogP contribution in [0.2, 0.25) is 0 Å². The van der Waals surface area contributed by atoms with E-state index in [4.69, 9.17) is 39.2 Å². The van der Waals surface area contributed by atoms with Crippen molar-refractivity contribution in [3.63, 3.8) is 0 Å². The third-order valence-corrected chi connectivity index (χ3v) is 21.5. The molecule has 49 heavy (non-hydrogen) atoms. The van der Waals surface area contributed by atoms with Gasteiger partial charge < -0.3 is 0 Å². The summed E-state index contributed by atoms with van der Waals surface area (Å²) in [6, 6.07) is 0. The summed E-state index contributed by atoms with van der Waals surface area (Å²) in [4.78, 5) is 0. The van der Waals surface area contributed by atoms with Gasteiger partial charge in [0, 0.05) is 0 Å². The molecule has 13 heteroatoms. The summed E-state index contributed by atoms with van der Waals surface area (Å²) in [6.45, 7) is 24.8. The Balaban J connectivity index is 2.93. The summed E-state index contributed by atoms with van der Waals surface area (Å²) in [5.41, 5.74) is 0.